The summed E-state index contributed by atoms with van der Waals surface area (Å²) in [6.07, 6.45) is 10.3. The zero-order chi connectivity index (χ0) is 12.6. The third-order valence-electron chi connectivity index (χ3n) is 4.69. The summed E-state index contributed by atoms with van der Waals surface area (Å²) in [5, 5.41) is 12.3. The highest BCUT2D eigenvalue weighted by Gasteiger charge is 2.35. The van der Waals surface area contributed by atoms with E-state index in [1.165, 1.54) is 50.8 Å². The number of nitrogens with zero attached hydrogens (tertiary/aromatic N) is 3. The molecular formula is C14H24N4. The van der Waals surface area contributed by atoms with E-state index in [2.05, 4.69) is 34.1 Å². The van der Waals surface area contributed by atoms with Crippen LogP contribution in [-0.2, 0) is 6.42 Å². The van der Waals surface area contributed by atoms with Crippen LogP contribution in [0.3, 0.4) is 0 Å². The van der Waals surface area contributed by atoms with Crippen LogP contribution in [0.1, 0.15) is 62.6 Å². The summed E-state index contributed by atoms with van der Waals surface area (Å²) in [7, 11) is 2.11. The Balaban J connectivity index is 1.82. The average Bonchev–Trinajstić information content (AvgIpc) is 3.16. The fraction of sp³-hybridized carbons (Fsp3) is 0.857. The van der Waals surface area contributed by atoms with Gasteiger partial charge in [0.25, 0.3) is 0 Å². The summed E-state index contributed by atoms with van der Waals surface area (Å²) in [6.45, 7) is 2.09. The lowest BCUT2D eigenvalue weighted by Gasteiger charge is -2.37. The molecule has 100 valence electrons. The van der Waals surface area contributed by atoms with Crippen molar-refractivity contribution in [1.29, 1.82) is 0 Å². The van der Waals surface area contributed by atoms with Gasteiger partial charge in [0.2, 0.25) is 0 Å². The van der Waals surface area contributed by atoms with Gasteiger partial charge >= 0.3 is 0 Å². The Morgan fingerprint density at radius 3 is 2.56 bits per heavy atom. The maximum atomic E-state index is 4.44. The predicted octanol–water partition coefficient (Wildman–Crippen LogP) is 2.39. The van der Waals surface area contributed by atoms with Gasteiger partial charge in [0.1, 0.15) is 11.6 Å². The van der Waals surface area contributed by atoms with Crippen molar-refractivity contribution in [3.63, 3.8) is 0 Å². The Bertz CT molecular complexity index is 413. The van der Waals surface area contributed by atoms with Crippen molar-refractivity contribution in [1.82, 2.24) is 20.1 Å². The minimum Gasteiger partial charge on any atom is -0.314 e. The monoisotopic (exact) mass is 248 g/mol. The second-order valence-corrected chi connectivity index (χ2v) is 6.03. The quantitative estimate of drug-likeness (QED) is 0.889. The molecule has 0 spiro atoms. The van der Waals surface area contributed by atoms with Crippen LogP contribution in [0.5, 0.6) is 0 Å². The van der Waals surface area contributed by atoms with Crippen LogP contribution in [-0.4, -0.2) is 27.4 Å². The molecule has 1 heterocycles. The van der Waals surface area contributed by atoms with Gasteiger partial charge in [-0.1, -0.05) is 19.3 Å². The molecule has 2 fully saturated rings. The lowest BCUT2D eigenvalue weighted by atomic mass is 9.79. The largest absolute Gasteiger partial charge is 0.314 e. The molecule has 0 bridgehead atoms. The molecule has 1 N–H and O–H groups in total. The number of likely N-dealkylation sites (N-methyl/N-ethyl adjacent to an activating group) is 1. The molecule has 3 rings (SSSR count). The van der Waals surface area contributed by atoms with E-state index in [0.717, 1.165) is 12.2 Å². The first-order valence-electron chi connectivity index (χ1n) is 7.33. The van der Waals surface area contributed by atoms with Gasteiger partial charge in [0.05, 0.1) is 0 Å². The van der Waals surface area contributed by atoms with E-state index in [9.17, 15) is 0 Å². The van der Waals surface area contributed by atoms with Gasteiger partial charge in [-0.05, 0) is 39.7 Å². The number of rotatable bonds is 4. The second kappa shape index (κ2) is 4.65. The van der Waals surface area contributed by atoms with Crippen LogP contribution in [0.15, 0.2) is 0 Å². The minimum atomic E-state index is 0.268. The summed E-state index contributed by atoms with van der Waals surface area (Å²) < 4.78 is 2.38. The maximum absolute atomic E-state index is 4.44. The van der Waals surface area contributed by atoms with E-state index in [4.69, 9.17) is 0 Å². The van der Waals surface area contributed by atoms with Crippen molar-refractivity contribution < 1.29 is 0 Å². The zero-order valence-electron chi connectivity index (χ0n) is 11.6. The Hall–Kier alpha value is -0.900. The fourth-order valence-corrected chi connectivity index (χ4v) is 3.39. The molecule has 1 aromatic heterocycles. The molecule has 2 aliphatic carbocycles. The normalized spacial score (nSPS) is 23.2. The van der Waals surface area contributed by atoms with E-state index in [-0.39, 0.29) is 5.54 Å². The van der Waals surface area contributed by atoms with Gasteiger partial charge in [0, 0.05) is 18.0 Å². The molecule has 0 saturated heterocycles. The van der Waals surface area contributed by atoms with E-state index < -0.39 is 0 Å². The zero-order valence-corrected chi connectivity index (χ0v) is 11.6. The Morgan fingerprint density at radius 2 is 1.94 bits per heavy atom. The number of nitrogens with one attached hydrogen (secondary N) is 1. The van der Waals surface area contributed by atoms with Crippen LogP contribution in [0.25, 0.3) is 0 Å². The summed E-state index contributed by atoms with van der Waals surface area (Å²) >= 11 is 0. The first-order chi connectivity index (χ1) is 8.74. The second-order valence-electron chi connectivity index (χ2n) is 6.03. The van der Waals surface area contributed by atoms with Crippen molar-refractivity contribution in [2.24, 2.45) is 0 Å². The molecule has 4 heteroatoms. The number of hydrogen-bond donors (Lipinski definition) is 1. The van der Waals surface area contributed by atoms with Gasteiger partial charge < -0.3 is 9.88 Å². The van der Waals surface area contributed by atoms with Crippen LogP contribution in [0.4, 0.5) is 0 Å². The van der Waals surface area contributed by atoms with Crippen LogP contribution in [0.2, 0.25) is 0 Å². The van der Waals surface area contributed by atoms with Crippen molar-refractivity contribution >= 4 is 0 Å². The Kier molecular flexibility index (Phi) is 3.14. The van der Waals surface area contributed by atoms with E-state index in [1.807, 2.05) is 0 Å². The van der Waals surface area contributed by atoms with Gasteiger partial charge in [-0.25, -0.2) is 0 Å². The number of aryl methyl sites for hydroxylation is 1. The van der Waals surface area contributed by atoms with Crippen molar-refractivity contribution in [3.8, 4) is 0 Å². The SMILES string of the molecule is CNC1(Cc2nnc(C)n2C2CC2)CCCCC1. The number of aromatic nitrogens is 3. The first kappa shape index (κ1) is 12.2. The first-order valence-corrected chi connectivity index (χ1v) is 7.33. The van der Waals surface area contributed by atoms with E-state index in [0.29, 0.717) is 6.04 Å². The molecule has 0 radical (unpaired) electrons. The van der Waals surface area contributed by atoms with Crippen LogP contribution >= 0.6 is 0 Å². The summed E-state index contributed by atoms with van der Waals surface area (Å²) in [6, 6.07) is 0.687. The van der Waals surface area contributed by atoms with Crippen molar-refractivity contribution in [3.05, 3.63) is 11.6 Å². The van der Waals surface area contributed by atoms with Gasteiger partial charge in [-0.3, -0.25) is 0 Å². The summed E-state index contributed by atoms with van der Waals surface area (Å²) in [4.78, 5) is 0. The lowest BCUT2D eigenvalue weighted by molar-refractivity contribution is 0.238. The van der Waals surface area contributed by atoms with Gasteiger partial charge in [-0.15, -0.1) is 10.2 Å². The molecule has 4 nitrogen and oxygen atoms in total. The Morgan fingerprint density at radius 1 is 1.22 bits per heavy atom. The lowest BCUT2D eigenvalue weighted by Crippen LogP contribution is -2.47. The van der Waals surface area contributed by atoms with Gasteiger partial charge in [0.15, 0.2) is 0 Å². The summed E-state index contributed by atoms with van der Waals surface area (Å²) in [5.74, 6) is 2.29. The maximum Gasteiger partial charge on any atom is 0.135 e. The molecule has 18 heavy (non-hydrogen) atoms. The fourth-order valence-electron chi connectivity index (χ4n) is 3.39. The summed E-state index contributed by atoms with van der Waals surface area (Å²) in [5.41, 5.74) is 0.268. The molecule has 0 unspecified atom stereocenters. The molecule has 1 aromatic rings. The van der Waals surface area contributed by atoms with Crippen molar-refractivity contribution in [2.75, 3.05) is 7.05 Å². The highest BCUT2D eigenvalue weighted by atomic mass is 15.3. The minimum absolute atomic E-state index is 0.268. The molecule has 0 amide bonds. The van der Waals surface area contributed by atoms with Crippen LogP contribution < -0.4 is 5.32 Å². The molecular weight excluding hydrogens is 224 g/mol. The molecule has 2 saturated carbocycles. The standard InChI is InChI=1S/C14H24N4/c1-11-16-17-13(18(11)12-6-7-12)10-14(15-2)8-4-3-5-9-14/h12,15H,3-10H2,1-2H3. The predicted molar refractivity (Wildman–Crippen MR) is 71.6 cm³/mol. The third kappa shape index (κ3) is 2.18. The highest BCUT2D eigenvalue weighted by Crippen LogP contribution is 2.38. The topological polar surface area (TPSA) is 42.7 Å². The van der Waals surface area contributed by atoms with Gasteiger partial charge in [-0.2, -0.15) is 0 Å². The highest BCUT2D eigenvalue weighted by molar-refractivity contribution is 5.07. The smallest absolute Gasteiger partial charge is 0.135 e. The van der Waals surface area contributed by atoms with Crippen molar-refractivity contribution in [2.45, 2.75) is 69.9 Å². The molecule has 0 atom stereocenters. The van der Waals surface area contributed by atoms with E-state index >= 15 is 0 Å². The average molecular weight is 248 g/mol. The van der Waals surface area contributed by atoms with Crippen LogP contribution in [0, 0.1) is 6.92 Å². The molecule has 0 aromatic carbocycles. The Labute approximate surface area is 109 Å². The third-order valence-corrected chi connectivity index (χ3v) is 4.69. The molecule has 2 aliphatic rings. The number of hydrogen-bond acceptors (Lipinski definition) is 3. The van der Waals surface area contributed by atoms with E-state index in [1.54, 1.807) is 0 Å². The molecule has 0 aliphatic heterocycles.